The van der Waals surface area contributed by atoms with E-state index in [1.54, 1.807) is 6.92 Å². The number of benzene rings is 1. The molecule has 0 aliphatic carbocycles. The smallest absolute Gasteiger partial charge is 0.321 e. The van der Waals surface area contributed by atoms with Crippen LogP contribution in [0.4, 0.5) is 0 Å². The van der Waals surface area contributed by atoms with Crippen molar-refractivity contribution in [2.24, 2.45) is 0 Å². The molecule has 0 aromatic heterocycles. The van der Waals surface area contributed by atoms with E-state index in [2.05, 4.69) is 47.8 Å². The average molecular weight is 415 g/mol. The third kappa shape index (κ3) is 3.86. The molecule has 2 atom stereocenters. The quantitative estimate of drug-likeness (QED) is 0.545. The highest BCUT2D eigenvalue weighted by Gasteiger charge is 2.26. The molecule has 88 valence electrons. The second kappa shape index (κ2) is 6.77. The lowest BCUT2D eigenvalue weighted by Gasteiger charge is -2.15. The maximum absolute atomic E-state index is 11.5. The molecular formula is C11H11Br3O2. The Morgan fingerprint density at radius 1 is 1.44 bits per heavy atom. The molecule has 0 amide bonds. The van der Waals surface area contributed by atoms with E-state index in [0.29, 0.717) is 6.61 Å². The van der Waals surface area contributed by atoms with Crippen molar-refractivity contribution in [3.63, 3.8) is 0 Å². The van der Waals surface area contributed by atoms with Gasteiger partial charge in [0.1, 0.15) is 4.83 Å². The van der Waals surface area contributed by atoms with Crippen LogP contribution in [0.15, 0.2) is 28.7 Å². The highest BCUT2D eigenvalue weighted by atomic mass is 79.9. The van der Waals surface area contributed by atoms with Crippen molar-refractivity contribution in [2.45, 2.75) is 16.6 Å². The molecule has 16 heavy (non-hydrogen) atoms. The maximum Gasteiger partial charge on any atom is 0.321 e. The van der Waals surface area contributed by atoms with E-state index in [1.165, 1.54) is 0 Å². The topological polar surface area (TPSA) is 26.3 Å². The lowest BCUT2D eigenvalue weighted by atomic mass is 10.1. The number of ether oxygens (including phenoxy) is 1. The van der Waals surface area contributed by atoms with Gasteiger partial charge in [0.15, 0.2) is 0 Å². The number of esters is 1. The van der Waals surface area contributed by atoms with E-state index >= 15 is 0 Å². The molecule has 2 unspecified atom stereocenters. The number of rotatable bonds is 4. The molecule has 2 nitrogen and oxygen atoms in total. The van der Waals surface area contributed by atoms with Gasteiger partial charge in [0.25, 0.3) is 0 Å². The van der Waals surface area contributed by atoms with E-state index < -0.39 is 0 Å². The van der Waals surface area contributed by atoms with Crippen LogP contribution in [0, 0.1) is 0 Å². The predicted octanol–water partition coefficient (Wildman–Crippen LogP) is 4.21. The normalized spacial score (nSPS) is 14.2. The summed E-state index contributed by atoms with van der Waals surface area (Å²) in [6.45, 7) is 2.18. The van der Waals surface area contributed by atoms with E-state index in [0.717, 1.165) is 10.0 Å². The van der Waals surface area contributed by atoms with Gasteiger partial charge < -0.3 is 4.74 Å². The Balaban J connectivity index is 2.77. The van der Waals surface area contributed by atoms with Crippen LogP contribution in [-0.4, -0.2) is 17.4 Å². The molecule has 0 heterocycles. The number of halogens is 3. The third-order valence-electron chi connectivity index (χ3n) is 1.94. The zero-order valence-corrected chi connectivity index (χ0v) is 13.4. The summed E-state index contributed by atoms with van der Waals surface area (Å²) in [5.41, 5.74) is 1.02. The molecule has 0 bridgehead atoms. The lowest BCUT2D eigenvalue weighted by molar-refractivity contribution is -0.142. The van der Waals surface area contributed by atoms with Gasteiger partial charge in [-0.3, -0.25) is 4.79 Å². The highest BCUT2D eigenvalue weighted by Crippen LogP contribution is 2.33. The first-order valence-electron chi connectivity index (χ1n) is 4.76. The van der Waals surface area contributed by atoms with E-state index in [-0.39, 0.29) is 15.6 Å². The zero-order valence-electron chi connectivity index (χ0n) is 8.62. The van der Waals surface area contributed by atoms with Crippen LogP contribution >= 0.6 is 47.8 Å². The molecule has 0 N–H and O–H groups in total. The van der Waals surface area contributed by atoms with E-state index in [1.807, 2.05) is 24.3 Å². The SMILES string of the molecule is CCOC(=O)C(Br)C(Br)c1cccc(Br)c1. The van der Waals surface area contributed by atoms with Crippen LogP contribution in [0.2, 0.25) is 0 Å². The first-order chi connectivity index (χ1) is 7.56. The third-order valence-corrected chi connectivity index (χ3v) is 5.10. The monoisotopic (exact) mass is 412 g/mol. The summed E-state index contributed by atoms with van der Waals surface area (Å²) in [6.07, 6.45) is 0. The summed E-state index contributed by atoms with van der Waals surface area (Å²) in [4.78, 5) is 11.0. The summed E-state index contributed by atoms with van der Waals surface area (Å²) in [6, 6.07) is 7.79. The van der Waals surface area contributed by atoms with Gasteiger partial charge in [-0.25, -0.2) is 0 Å². The number of carbonyl (C=O) groups excluding carboxylic acids is 1. The molecule has 0 fully saturated rings. The first-order valence-corrected chi connectivity index (χ1v) is 7.39. The molecule has 0 aliphatic rings. The molecule has 5 heteroatoms. The minimum atomic E-state index is -0.387. The summed E-state index contributed by atoms with van der Waals surface area (Å²) in [7, 11) is 0. The minimum Gasteiger partial charge on any atom is -0.465 e. The number of hydrogen-bond acceptors (Lipinski definition) is 2. The summed E-state index contributed by atoms with van der Waals surface area (Å²) in [5, 5.41) is 0. The van der Waals surface area contributed by atoms with Crippen molar-refractivity contribution in [2.75, 3.05) is 6.61 Å². The second-order valence-electron chi connectivity index (χ2n) is 3.11. The molecule has 0 aliphatic heterocycles. The summed E-state index contributed by atoms with van der Waals surface area (Å²) in [5.74, 6) is -0.260. The number of alkyl halides is 2. The fraction of sp³-hybridized carbons (Fsp3) is 0.364. The Hall–Kier alpha value is 0.130. The minimum absolute atomic E-state index is 0.107. The zero-order chi connectivity index (χ0) is 12.1. The summed E-state index contributed by atoms with van der Waals surface area (Å²) >= 11 is 10.2. The van der Waals surface area contributed by atoms with Gasteiger partial charge in [0.2, 0.25) is 0 Å². The van der Waals surface area contributed by atoms with E-state index in [4.69, 9.17) is 4.74 Å². The van der Waals surface area contributed by atoms with Crippen LogP contribution in [-0.2, 0) is 9.53 Å². The Kier molecular flexibility index (Phi) is 6.00. The average Bonchev–Trinajstić information content (AvgIpc) is 2.27. The maximum atomic E-state index is 11.5. The molecule has 1 aromatic rings. The molecule has 1 rings (SSSR count). The van der Waals surface area contributed by atoms with Gasteiger partial charge in [-0.1, -0.05) is 59.9 Å². The predicted molar refractivity (Wildman–Crippen MR) is 75.2 cm³/mol. The van der Waals surface area contributed by atoms with Crippen LogP contribution in [0.5, 0.6) is 0 Å². The van der Waals surface area contributed by atoms with Gasteiger partial charge in [0, 0.05) is 4.47 Å². The van der Waals surface area contributed by atoms with Gasteiger partial charge in [-0.05, 0) is 24.6 Å². The molecule has 1 aromatic carbocycles. The Morgan fingerprint density at radius 2 is 2.12 bits per heavy atom. The standard InChI is InChI=1S/C11H11Br3O2/c1-2-16-11(15)10(14)9(13)7-4-3-5-8(12)6-7/h3-6,9-10H,2H2,1H3. The van der Waals surface area contributed by atoms with Crippen molar-refractivity contribution >= 4 is 53.8 Å². The van der Waals surface area contributed by atoms with Crippen LogP contribution in [0.25, 0.3) is 0 Å². The molecule has 0 radical (unpaired) electrons. The lowest BCUT2D eigenvalue weighted by Crippen LogP contribution is -2.21. The Labute approximate surface area is 120 Å². The van der Waals surface area contributed by atoms with Crippen LogP contribution < -0.4 is 0 Å². The first kappa shape index (κ1) is 14.2. The van der Waals surface area contributed by atoms with Gasteiger partial charge in [-0.2, -0.15) is 0 Å². The van der Waals surface area contributed by atoms with Crippen molar-refractivity contribution in [1.82, 2.24) is 0 Å². The van der Waals surface area contributed by atoms with Crippen LogP contribution in [0.3, 0.4) is 0 Å². The molecular weight excluding hydrogens is 404 g/mol. The van der Waals surface area contributed by atoms with Gasteiger partial charge in [-0.15, -0.1) is 0 Å². The largest absolute Gasteiger partial charge is 0.465 e. The van der Waals surface area contributed by atoms with Crippen molar-refractivity contribution < 1.29 is 9.53 Å². The van der Waals surface area contributed by atoms with E-state index in [9.17, 15) is 4.79 Å². The van der Waals surface area contributed by atoms with Gasteiger partial charge in [0.05, 0.1) is 11.4 Å². The number of carbonyl (C=O) groups is 1. The van der Waals surface area contributed by atoms with Crippen molar-refractivity contribution in [3.05, 3.63) is 34.3 Å². The molecule has 0 saturated carbocycles. The fourth-order valence-electron chi connectivity index (χ4n) is 1.19. The van der Waals surface area contributed by atoms with Crippen molar-refractivity contribution in [3.8, 4) is 0 Å². The second-order valence-corrected chi connectivity index (χ2v) is 6.00. The Morgan fingerprint density at radius 3 is 2.69 bits per heavy atom. The van der Waals surface area contributed by atoms with Crippen LogP contribution in [0.1, 0.15) is 17.3 Å². The highest BCUT2D eigenvalue weighted by molar-refractivity contribution is 9.12. The molecule has 0 spiro atoms. The summed E-state index contributed by atoms with van der Waals surface area (Å²) < 4.78 is 5.93. The Bertz CT molecular complexity index is 368. The fourth-order valence-corrected chi connectivity index (χ4v) is 2.54. The number of hydrogen-bond donors (Lipinski definition) is 0. The molecule has 0 saturated heterocycles. The van der Waals surface area contributed by atoms with Crippen molar-refractivity contribution in [1.29, 1.82) is 0 Å². The van der Waals surface area contributed by atoms with Gasteiger partial charge >= 0.3 is 5.97 Å².